The number of aromatic nitrogens is 2. The lowest BCUT2D eigenvalue weighted by molar-refractivity contribution is 0.0719. The van der Waals surface area contributed by atoms with Crippen LogP contribution in [0.3, 0.4) is 0 Å². The Balaban J connectivity index is 1.82. The van der Waals surface area contributed by atoms with Gasteiger partial charge < -0.3 is 10.0 Å². The predicted octanol–water partition coefficient (Wildman–Crippen LogP) is 2.38. The first-order chi connectivity index (χ1) is 11.3. The van der Waals surface area contributed by atoms with E-state index in [-0.39, 0.29) is 18.4 Å². The molecule has 2 aromatic rings. The number of carbonyl (C=O) groups excluding carboxylic acids is 1. The minimum absolute atomic E-state index is 0.0302. The zero-order valence-corrected chi connectivity index (χ0v) is 13.1. The quantitative estimate of drug-likeness (QED) is 0.945. The van der Waals surface area contributed by atoms with Crippen molar-refractivity contribution in [2.75, 3.05) is 19.7 Å². The summed E-state index contributed by atoms with van der Waals surface area (Å²) in [6, 6.07) is 11.5. The molecule has 1 aromatic heterocycles. The van der Waals surface area contributed by atoms with Crippen LogP contribution in [0.5, 0.6) is 0 Å². The van der Waals surface area contributed by atoms with Crippen LogP contribution in [0.2, 0.25) is 0 Å². The van der Waals surface area contributed by atoms with E-state index in [1.54, 1.807) is 6.07 Å². The number of amides is 1. The molecule has 0 radical (unpaired) electrons. The zero-order chi connectivity index (χ0) is 16.1. The smallest absolute Gasteiger partial charge is 0.255 e. The molecule has 1 amide bonds. The Morgan fingerprint density at radius 3 is 2.87 bits per heavy atom. The molecule has 1 unspecified atom stereocenters. The number of nitrogens with zero attached hydrogens (tertiary/aromatic N) is 3. The number of hydrogen-bond donors (Lipinski definition) is 1. The second-order valence-corrected chi connectivity index (χ2v) is 5.99. The molecular weight excluding hydrogens is 290 g/mol. The maximum Gasteiger partial charge on any atom is 0.255 e. The molecule has 2 heterocycles. The molecular formula is C18H21N3O2. The number of rotatable bonds is 3. The third-order valence-corrected chi connectivity index (χ3v) is 4.29. The van der Waals surface area contributed by atoms with Crippen molar-refractivity contribution >= 4 is 5.91 Å². The highest BCUT2D eigenvalue weighted by molar-refractivity contribution is 5.94. The number of benzene rings is 1. The summed E-state index contributed by atoms with van der Waals surface area (Å²) >= 11 is 0. The first-order valence-corrected chi connectivity index (χ1v) is 8.06. The second kappa shape index (κ2) is 7.33. The van der Waals surface area contributed by atoms with Crippen molar-refractivity contribution in [3.63, 3.8) is 0 Å². The molecule has 0 saturated carbocycles. The third-order valence-electron chi connectivity index (χ3n) is 4.29. The standard InChI is InChI=1S/C18H21N3O2/c22-13-14-6-4-5-9-21(12-14)18(23)16-10-17(20-19-11-16)15-7-2-1-3-8-15/h1-3,7-8,10-11,14,22H,4-6,9,12-13H2. The predicted molar refractivity (Wildman–Crippen MR) is 87.8 cm³/mol. The highest BCUT2D eigenvalue weighted by atomic mass is 16.3. The van der Waals surface area contributed by atoms with E-state index >= 15 is 0 Å². The van der Waals surface area contributed by atoms with Crippen molar-refractivity contribution in [3.8, 4) is 11.3 Å². The van der Waals surface area contributed by atoms with Gasteiger partial charge in [-0.05, 0) is 24.8 Å². The SMILES string of the molecule is O=C(c1cnnc(-c2ccccc2)c1)N1CCCCC(CO)C1. The highest BCUT2D eigenvalue weighted by Gasteiger charge is 2.23. The van der Waals surface area contributed by atoms with Gasteiger partial charge in [0.1, 0.15) is 0 Å². The van der Waals surface area contributed by atoms with Gasteiger partial charge in [0.05, 0.1) is 17.5 Å². The molecule has 0 aliphatic carbocycles. The molecule has 1 aliphatic heterocycles. The van der Waals surface area contributed by atoms with Crippen LogP contribution in [0.15, 0.2) is 42.6 Å². The Hall–Kier alpha value is -2.27. The zero-order valence-electron chi connectivity index (χ0n) is 13.1. The van der Waals surface area contributed by atoms with E-state index in [1.807, 2.05) is 35.2 Å². The van der Waals surface area contributed by atoms with E-state index in [0.29, 0.717) is 17.8 Å². The lowest BCUT2D eigenvalue weighted by Gasteiger charge is -2.23. The first kappa shape index (κ1) is 15.6. The van der Waals surface area contributed by atoms with Crippen molar-refractivity contribution in [1.82, 2.24) is 15.1 Å². The van der Waals surface area contributed by atoms with Gasteiger partial charge in [-0.2, -0.15) is 10.2 Å². The van der Waals surface area contributed by atoms with Gasteiger partial charge in [-0.3, -0.25) is 4.79 Å². The monoisotopic (exact) mass is 311 g/mol. The summed E-state index contributed by atoms with van der Waals surface area (Å²) in [5.74, 6) is 0.141. The van der Waals surface area contributed by atoms with Crippen molar-refractivity contribution in [2.24, 2.45) is 5.92 Å². The maximum atomic E-state index is 12.8. The van der Waals surface area contributed by atoms with Gasteiger partial charge in [0, 0.05) is 25.3 Å². The minimum atomic E-state index is -0.0302. The van der Waals surface area contributed by atoms with E-state index in [0.717, 1.165) is 31.4 Å². The lowest BCUT2D eigenvalue weighted by atomic mass is 10.0. The van der Waals surface area contributed by atoms with Crippen molar-refractivity contribution < 1.29 is 9.90 Å². The van der Waals surface area contributed by atoms with Crippen molar-refractivity contribution in [1.29, 1.82) is 0 Å². The first-order valence-electron chi connectivity index (χ1n) is 8.06. The largest absolute Gasteiger partial charge is 0.396 e. The highest BCUT2D eigenvalue weighted by Crippen LogP contribution is 2.20. The number of likely N-dealkylation sites (tertiary alicyclic amines) is 1. The van der Waals surface area contributed by atoms with E-state index in [4.69, 9.17) is 0 Å². The molecule has 3 rings (SSSR count). The lowest BCUT2D eigenvalue weighted by Crippen LogP contribution is -2.35. The summed E-state index contributed by atoms with van der Waals surface area (Å²) in [6.45, 7) is 1.48. The van der Waals surface area contributed by atoms with Crippen LogP contribution < -0.4 is 0 Å². The molecule has 1 fully saturated rings. The van der Waals surface area contributed by atoms with Gasteiger partial charge in [-0.15, -0.1) is 0 Å². The van der Waals surface area contributed by atoms with E-state index in [1.165, 1.54) is 6.20 Å². The Kier molecular flexibility index (Phi) is 4.98. The van der Waals surface area contributed by atoms with Crippen LogP contribution in [-0.2, 0) is 0 Å². The fourth-order valence-corrected chi connectivity index (χ4v) is 2.98. The average molecular weight is 311 g/mol. The molecule has 1 atom stereocenters. The number of hydrogen-bond acceptors (Lipinski definition) is 4. The number of aliphatic hydroxyl groups is 1. The third kappa shape index (κ3) is 3.74. The van der Waals surface area contributed by atoms with Crippen molar-refractivity contribution in [2.45, 2.75) is 19.3 Å². The van der Waals surface area contributed by atoms with E-state index in [2.05, 4.69) is 10.2 Å². The molecule has 1 N–H and O–H groups in total. The van der Waals surface area contributed by atoms with Gasteiger partial charge in [-0.25, -0.2) is 0 Å². The van der Waals surface area contributed by atoms with E-state index in [9.17, 15) is 9.90 Å². The Morgan fingerprint density at radius 1 is 1.26 bits per heavy atom. The van der Waals surface area contributed by atoms with E-state index < -0.39 is 0 Å². The average Bonchev–Trinajstić information content (AvgIpc) is 2.87. The Labute approximate surface area is 136 Å². The summed E-state index contributed by atoms with van der Waals surface area (Å²) in [7, 11) is 0. The molecule has 0 bridgehead atoms. The normalized spacial score (nSPS) is 18.5. The molecule has 5 nitrogen and oxygen atoms in total. The van der Waals surface area contributed by atoms with Crippen molar-refractivity contribution in [3.05, 3.63) is 48.2 Å². The minimum Gasteiger partial charge on any atom is -0.396 e. The number of aliphatic hydroxyl groups excluding tert-OH is 1. The summed E-state index contributed by atoms with van der Waals surface area (Å²) in [6.07, 6.45) is 4.53. The molecule has 1 saturated heterocycles. The van der Waals surface area contributed by atoms with Crippen LogP contribution in [0, 0.1) is 5.92 Å². The fourth-order valence-electron chi connectivity index (χ4n) is 2.98. The second-order valence-electron chi connectivity index (χ2n) is 5.99. The van der Waals surface area contributed by atoms with Gasteiger partial charge in [0.15, 0.2) is 0 Å². The Bertz CT molecular complexity index is 660. The Morgan fingerprint density at radius 2 is 2.09 bits per heavy atom. The summed E-state index contributed by atoms with van der Waals surface area (Å²) in [5.41, 5.74) is 2.20. The van der Waals surface area contributed by atoms with Gasteiger partial charge >= 0.3 is 0 Å². The summed E-state index contributed by atoms with van der Waals surface area (Å²) in [4.78, 5) is 14.6. The molecule has 1 aromatic carbocycles. The van der Waals surface area contributed by atoms with Crippen LogP contribution in [0.4, 0.5) is 0 Å². The van der Waals surface area contributed by atoms with Crippen LogP contribution in [-0.4, -0.2) is 45.8 Å². The van der Waals surface area contributed by atoms with Crippen LogP contribution >= 0.6 is 0 Å². The van der Waals surface area contributed by atoms with Gasteiger partial charge in [0.25, 0.3) is 5.91 Å². The molecule has 23 heavy (non-hydrogen) atoms. The topological polar surface area (TPSA) is 66.3 Å². The van der Waals surface area contributed by atoms with Gasteiger partial charge in [-0.1, -0.05) is 36.8 Å². The summed E-state index contributed by atoms with van der Waals surface area (Å²) < 4.78 is 0. The number of carbonyl (C=O) groups is 1. The van der Waals surface area contributed by atoms with Crippen LogP contribution in [0.25, 0.3) is 11.3 Å². The van der Waals surface area contributed by atoms with Crippen LogP contribution in [0.1, 0.15) is 29.6 Å². The van der Waals surface area contributed by atoms with Gasteiger partial charge in [0.2, 0.25) is 0 Å². The molecule has 5 heteroatoms. The molecule has 120 valence electrons. The maximum absolute atomic E-state index is 12.8. The molecule has 0 spiro atoms. The molecule has 1 aliphatic rings. The summed E-state index contributed by atoms with van der Waals surface area (Å²) in [5, 5.41) is 17.5. The fraction of sp³-hybridized carbons (Fsp3) is 0.389.